The maximum absolute atomic E-state index is 14.2. The van der Waals surface area contributed by atoms with Gasteiger partial charge in [-0.2, -0.15) is 0 Å². The van der Waals surface area contributed by atoms with E-state index in [0.29, 0.717) is 27.9 Å². The lowest BCUT2D eigenvalue weighted by Gasteiger charge is -2.23. The molecule has 7 nitrogen and oxygen atoms in total. The van der Waals surface area contributed by atoms with Crippen LogP contribution < -0.4 is 15.4 Å². The number of hydrogen-bond acceptors (Lipinski definition) is 4. The van der Waals surface area contributed by atoms with Crippen molar-refractivity contribution < 1.29 is 22.4 Å². The third kappa shape index (κ3) is 5.12. The molecule has 0 saturated heterocycles. The molecule has 0 heterocycles. The van der Waals surface area contributed by atoms with Crippen LogP contribution in [0.25, 0.3) is 0 Å². The van der Waals surface area contributed by atoms with Crippen molar-refractivity contribution >= 4 is 33.2 Å². The van der Waals surface area contributed by atoms with Gasteiger partial charge in [0.25, 0.3) is 5.91 Å². The summed E-state index contributed by atoms with van der Waals surface area (Å²) < 4.78 is 39.6. The van der Waals surface area contributed by atoms with E-state index in [1.54, 1.807) is 55.5 Å². The first-order valence-corrected chi connectivity index (χ1v) is 11.4. The standard InChI is InChI=1S/C23H22FN3O4S/c1-15-18(22(25)28)6-5-8-20(15)26-23(29)17-12-10-16(11-13-17)14-27(32(2,30)31)21-9-4-3-7-19(21)24/h3-13H,14H2,1-2H3,(H2,25,28)(H,26,29). The summed E-state index contributed by atoms with van der Waals surface area (Å²) in [4.78, 5) is 24.1. The fourth-order valence-electron chi connectivity index (χ4n) is 3.19. The topological polar surface area (TPSA) is 110 Å². The number of halogens is 1. The van der Waals surface area contributed by atoms with E-state index in [9.17, 15) is 22.4 Å². The van der Waals surface area contributed by atoms with Crippen molar-refractivity contribution in [2.24, 2.45) is 5.73 Å². The van der Waals surface area contributed by atoms with Crippen LogP contribution in [-0.2, 0) is 16.6 Å². The van der Waals surface area contributed by atoms with Crippen LogP contribution in [-0.4, -0.2) is 26.5 Å². The van der Waals surface area contributed by atoms with Crippen molar-refractivity contribution in [3.8, 4) is 0 Å². The number of anilines is 2. The van der Waals surface area contributed by atoms with Gasteiger partial charge in [-0.15, -0.1) is 0 Å². The zero-order valence-electron chi connectivity index (χ0n) is 17.5. The molecule has 0 fully saturated rings. The van der Waals surface area contributed by atoms with Gasteiger partial charge >= 0.3 is 0 Å². The van der Waals surface area contributed by atoms with Gasteiger partial charge in [-0.25, -0.2) is 12.8 Å². The number of primary amides is 1. The van der Waals surface area contributed by atoms with Gasteiger partial charge in [-0.05, 0) is 54.4 Å². The molecular weight excluding hydrogens is 433 g/mol. The minimum atomic E-state index is -3.75. The summed E-state index contributed by atoms with van der Waals surface area (Å²) in [6.45, 7) is 1.59. The van der Waals surface area contributed by atoms with E-state index in [0.717, 1.165) is 10.6 Å². The van der Waals surface area contributed by atoms with Crippen LogP contribution in [0.5, 0.6) is 0 Å². The van der Waals surface area contributed by atoms with Gasteiger partial charge in [-0.3, -0.25) is 13.9 Å². The second-order valence-electron chi connectivity index (χ2n) is 7.21. The number of carbonyl (C=O) groups excluding carboxylic acids is 2. The Hall–Kier alpha value is -3.72. The molecule has 0 radical (unpaired) electrons. The van der Waals surface area contributed by atoms with Crippen LogP contribution in [0.1, 0.15) is 31.8 Å². The Morgan fingerprint density at radius 3 is 2.25 bits per heavy atom. The number of amides is 2. The van der Waals surface area contributed by atoms with Crippen molar-refractivity contribution in [3.05, 3.63) is 94.8 Å². The maximum atomic E-state index is 14.2. The minimum Gasteiger partial charge on any atom is -0.366 e. The van der Waals surface area contributed by atoms with Crippen molar-refractivity contribution in [2.75, 3.05) is 15.9 Å². The molecular formula is C23H22FN3O4S. The van der Waals surface area contributed by atoms with Gasteiger partial charge in [0.2, 0.25) is 15.9 Å². The molecule has 3 aromatic carbocycles. The smallest absolute Gasteiger partial charge is 0.255 e. The molecule has 166 valence electrons. The first-order chi connectivity index (χ1) is 15.1. The van der Waals surface area contributed by atoms with Crippen molar-refractivity contribution in [1.82, 2.24) is 0 Å². The number of benzene rings is 3. The van der Waals surface area contributed by atoms with Gasteiger partial charge in [0.1, 0.15) is 5.82 Å². The summed E-state index contributed by atoms with van der Waals surface area (Å²) >= 11 is 0. The van der Waals surface area contributed by atoms with E-state index in [1.807, 2.05) is 0 Å². The van der Waals surface area contributed by atoms with E-state index < -0.39 is 27.7 Å². The third-order valence-electron chi connectivity index (χ3n) is 4.91. The van der Waals surface area contributed by atoms with Gasteiger partial charge in [-0.1, -0.05) is 30.3 Å². The highest BCUT2D eigenvalue weighted by atomic mass is 32.2. The average molecular weight is 456 g/mol. The van der Waals surface area contributed by atoms with Crippen molar-refractivity contribution in [3.63, 3.8) is 0 Å². The predicted octanol–water partition coefficient (Wildman–Crippen LogP) is 3.45. The average Bonchev–Trinajstić information content (AvgIpc) is 2.73. The normalized spacial score (nSPS) is 11.1. The Morgan fingerprint density at radius 1 is 1.00 bits per heavy atom. The Balaban J connectivity index is 1.80. The summed E-state index contributed by atoms with van der Waals surface area (Å²) in [6, 6.07) is 16.7. The molecule has 0 aromatic heterocycles. The quantitative estimate of drug-likeness (QED) is 0.569. The van der Waals surface area contributed by atoms with Crippen molar-refractivity contribution in [1.29, 1.82) is 0 Å². The lowest BCUT2D eigenvalue weighted by atomic mass is 10.1. The lowest BCUT2D eigenvalue weighted by Crippen LogP contribution is -2.30. The maximum Gasteiger partial charge on any atom is 0.255 e. The largest absolute Gasteiger partial charge is 0.366 e. The molecule has 0 bridgehead atoms. The molecule has 2 amide bonds. The number of nitrogens with zero attached hydrogens (tertiary/aromatic N) is 1. The zero-order chi connectivity index (χ0) is 23.5. The fourth-order valence-corrected chi connectivity index (χ4v) is 4.08. The van der Waals surface area contributed by atoms with Crippen LogP contribution >= 0.6 is 0 Å². The van der Waals surface area contributed by atoms with Crippen molar-refractivity contribution in [2.45, 2.75) is 13.5 Å². The number of nitrogens with two attached hydrogens (primary N) is 1. The molecule has 9 heteroatoms. The first kappa shape index (κ1) is 23.0. The molecule has 3 aromatic rings. The highest BCUT2D eigenvalue weighted by molar-refractivity contribution is 7.92. The van der Waals surface area contributed by atoms with Gasteiger partial charge in [0, 0.05) is 16.8 Å². The molecule has 0 aliphatic heterocycles. The van der Waals surface area contributed by atoms with Gasteiger partial charge < -0.3 is 11.1 Å². The van der Waals surface area contributed by atoms with Gasteiger partial charge in [0.15, 0.2) is 0 Å². The number of sulfonamides is 1. The molecule has 3 N–H and O–H groups in total. The Kier molecular flexibility index (Phi) is 6.59. The van der Waals surface area contributed by atoms with Gasteiger partial charge in [0.05, 0.1) is 18.5 Å². The van der Waals surface area contributed by atoms with Crippen LogP contribution in [0, 0.1) is 12.7 Å². The molecule has 0 aliphatic rings. The fraction of sp³-hybridized carbons (Fsp3) is 0.130. The summed E-state index contributed by atoms with van der Waals surface area (Å²) in [5, 5.41) is 2.74. The SMILES string of the molecule is Cc1c(NC(=O)c2ccc(CN(c3ccccc3F)S(C)(=O)=O)cc2)cccc1C(N)=O. The minimum absolute atomic E-state index is 0.0540. The number of carbonyl (C=O) groups is 2. The monoisotopic (exact) mass is 455 g/mol. The number of hydrogen-bond donors (Lipinski definition) is 2. The zero-order valence-corrected chi connectivity index (χ0v) is 18.3. The Labute approximate surface area is 185 Å². The second kappa shape index (κ2) is 9.19. The van der Waals surface area contributed by atoms with E-state index in [2.05, 4.69) is 5.32 Å². The summed E-state index contributed by atoms with van der Waals surface area (Å²) in [5.41, 5.74) is 7.51. The molecule has 0 spiro atoms. The van der Waals surface area contributed by atoms with Crippen LogP contribution in [0.15, 0.2) is 66.7 Å². The summed E-state index contributed by atoms with van der Waals surface area (Å²) in [5.74, 6) is -1.65. The van der Waals surface area contributed by atoms with E-state index in [-0.39, 0.29) is 12.2 Å². The number of rotatable bonds is 7. The molecule has 0 aliphatic carbocycles. The molecule has 32 heavy (non-hydrogen) atoms. The second-order valence-corrected chi connectivity index (χ2v) is 9.12. The summed E-state index contributed by atoms with van der Waals surface area (Å²) in [6.07, 6.45) is 1.00. The highest BCUT2D eigenvalue weighted by Crippen LogP contribution is 2.24. The van der Waals surface area contributed by atoms with E-state index >= 15 is 0 Å². The molecule has 0 unspecified atom stereocenters. The lowest BCUT2D eigenvalue weighted by molar-refractivity contribution is 0.0995. The van der Waals surface area contributed by atoms with E-state index in [4.69, 9.17) is 5.73 Å². The first-order valence-electron chi connectivity index (χ1n) is 9.60. The Morgan fingerprint density at radius 2 is 1.66 bits per heavy atom. The van der Waals surface area contributed by atoms with Crippen LogP contribution in [0.2, 0.25) is 0 Å². The molecule has 0 saturated carbocycles. The Bertz CT molecular complexity index is 1270. The van der Waals surface area contributed by atoms with Crippen LogP contribution in [0.4, 0.5) is 15.8 Å². The number of para-hydroxylation sites is 1. The predicted molar refractivity (Wildman–Crippen MR) is 122 cm³/mol. The summed E-state index contributed by atoms with van der Waals surface area (Å²) in [7, 11) is -3.75. The highest BCUT2D eigenvalue weighted by Gasteiger charge is 2.21. The third-order valence-corrected chi connectivity index (χ3v) is 6.04. The number of nitrogens with one attached hydrogen (secondary N) is 1. The molecule has 3 rings (SSSR count). The molecule has 0 atom stereocenters. The van der Waals surface area contributed by atoms with Crippen LogP contribution in [0.3, 0.4) is 0 Å². The van der Waals surface area contributed by atoms with E-state index in [1.165, 1.54) is 18.2 Å².